The number of hydrogen-bond acceptors (Lipinski definition) is 4. The first-order chi connectivity index (χ1) is 16.0. The van der Waals surface area contributed by atoms with Crippen LogP contribution in [0.15, 0.2) is 54.6 Å². The van der Waals surface area contributed by atoms with E-state index in [1.165, 1.54) is 19.0 Å². The second-order valence-electron chi connectivity index (χ2n) is 8.37. The van der Waals surface area contributed by atoms with E-state index in [1.54, 1.807) is 54.6 Å². The quantitative estimate of drug-likeness (QED) is 0.504. The lowest BCUT2D eigenvalue weighted by Crippen LogP contribution is -2.54. The van der Waals surface area contributed by atoms with Crippen LogP contribution in [0.25, 0.3) is 0 Å². The number of nitrogens with zero attached hydrogens (tertiary/aromatic N) is 3. The number of amides is 2. The number of nitrogens with one attached hydrogen (secondary N) is 1. The summed E-state index contributed by atoms with van der Waals surface area (Å²) in [7, 11) is -1.15. The number of para-hydroxylation sites is 1. The van der Waals surface area contributed by atoms with Crippen molar-refractivity contribution in [3.63, 3.8) is 0 Å². The summed E-state index contributed by atoms with van der Waals surface area (Å²) in [6, 6.07) is 14.5. The van der Waals surface area contributed by atoms with Crippen LogP contribution in [-0.2, 0) is 26.3 Å². The highest BCUT2D eigenvalue weighted by molar-refractivity contribution is 7.90. The van der Waals surface area contributed by atoms with Gasteiger partial charge in [-0.3, -0.25) is 9.59 Å². The van der Waals surface area contributed by atoms with Crippen LogP contribution in [0.2, 0.25) is 5.02 Å². The maximum atomic E-state index is 13.7. The highest BCUT2D eigenvalue weighted by Gasteiger charge is 2.33. The predicted octanol–water partition coefficient (Wildman–Crippen LogP) is 3.28. The molecule has 8 nitrogen and oxygen atoms in total. The van der Waals surface area contributed by atoms with Gasteiger partial charge in [-0.25, -0.2) is 4.31 Å². The molecule has 0 aliphatic carbocycles. The summed E-state index contributed by atoms with van der Waals surface area (Å²) in [5.74, 6) is -0.781. The number of carbonyl (C=O) groups is 2. The molecule has 2 aromatic rings. The fourth-order valence-electron chi connectivity index (χ4n) is 3.40. The van der Waals surface area contributed by atoms with Crippen molar-refractivity contribution in [2.75, 3.05) is 24.9 Å². The summed E-state index contributed by atoms with van der Waals surface area (Å²) < 4.78 is 28.3. The molecule has 186 valence electrons. The highest BCUT2D eigenvalue weighted by atomic mass is 35.5. The minimum atomic E-state index is -3.97. The second-order valence-corrected chi connectivity index (χ2v) is 10.9. The molecule has 2 aromatic carbocycles. The Kier molecular flexibility index (Phi) is 9.90. The lowest BCUT2D eigenvalue weighted by molar-refractivity contribution is -0.140. The van der Waals surface area contributed by atoms with Crippen LogP contribution in [0.4, 0.5) is 5.69 Å². The Bertz CT molecular complexity index is 1060. The molecular formula is C24H33ClN4O4S. The van der Waals surface area contributed by atoms with Gasteiger partial charge in [-0.1, -0.05) is 48.9 Å². The molecule has 1 N–H and O–H groups in total. The average Bonchev–Trinajstić information content (AvgIpc) is 2.78. The van der Waals surface area contributed by atoms with Gasteiger partial charge >= 0.3 is 10.2 Å². The Hall–Kier alpha value is -2.62. The Labute approximate surface area is 207 Å². The number of anilines is 1. The molecule has 0 radical (unpaired) electrons. The maximum absolute atomic E-state index is 13.7. The number of rotatable bonds is 11. The number of halogens is 1. The fraction of sp³-hybridized carbons (Fsp3) is 0.417. The molecule has 0 spiro atoms. The molecule has 0 saturated carbocycles. The summed E-state index contributed by atoms with van der Waals surface area (Å²) >= 11 is 6.00. The van der Waals surface area contributed by atoms with Crippen LogP contribution in [0.5, 0.6) is 0 Å². The molecule has 0 saturated heterocycles. The average molecular weight is 509 g/mol. The van der Waals surface area contributed by atoms with Crippen molar-refractivity contribution in [2.45, 2.75) is 45.8 Å². The van der Waals surface area contributed by atoms with Crippen LogP contribution in [0.1, 0.15) is 32.8 Å². The molecule has 2 amide bonds. The van der Waals surface area contributed by atoms with Crippen molar-refractivity contribution in [3.05, 3.63) is 65.2 Å². The topological polar surface area (TPSA) is 90.0 Å². The number of benzene rings is 2. The number of hydrogen-bond donors (Lipinski definition) is 1. The maximum Gasteiger partial charge on any atom is 0.304 e. The molecule has 1 atom stereocenters. The lowest BCUT2D eigenvalue weighted by Gasteiger charge is -2.34. The zero-order valence-electron chi connectivity index (χ0n) is 20.2. The third-order valence-corrected chi connectivity index (χ3v) is 7.22. The molecular weight excluding hydrogens is 476 g/mol. The molecule has 0 aliphatic heterocycles. The van der Waals surface area contributed by atoms with E-state index in [-0.39, 0.29) is 18.5 Å². The van der Waals surface area contributed by atoms with E-state index in [4.69, 9.17) is 11.6 Å². The third kappa shape index (κ3) is 7.19. The molecule has 0 aliphatic rings. The Morgan fingerprint density at radius 2 is 1.59 bits per heavy atom. The Morgan fingerprint density at radius 3 is 2.09 bits per heavy atom. The van der Waals surface area contributed by atoms with Gasteiger partial charge in [0, 0.05) is 31.7 Å². The van der Waals surface area contributed by atoms with E-state index in [1.807, 2.05) is 20.8 Å². The van der Waals surface area contributed by atoms with Crippen molar-refractivity contribution in [1.82, 2.24) is 14.5 Å². The van der Waals surface area contributed by atoms with E-state index in [0.29, 0.717) is 17.1 Å². The normalized spacial score (nSPS) is 12.5. The van der Waals surface area contributed by atoms with Crippen LogP contribution in [-0.4, -0.2) is 62.2 Å². The van der Waals surface area contributed by atoms with Crippen molar-refractivity contribution in [1.29, 1.82) is 0 Å². The summed E-state index contributed by atoms with van der Waals surface area (Å²) in [5, 5.41) is 3.42. The standard InChI is InChI=1S/C24H33ClN4O4S/c1-6-22(24(31)26-18(2)3)28(16-19-12-14-20(25)15-13-19)23(30)17-29(34(32,33)27(4)5)21-10-8-7-9-11-21/h7-15,18,22H,6,16-17H2,1-5H3,(H,26,31)/t22-/m0/s1. The van der Waals surface area contributed by atoms with Crippen LogP contribution < -0.4 is 9.62 Å². The van der Waals surface area contributed by atoms with Crippen LogP contribution in [0.3, 0.4) is 0 Å². The first-order valence-corrected chi connectivity index (χ1v) is 12.8. The van der Waals surface area contributed by atoms with Crippen LogP contribution in [0, 0.1) is 0 Å². The molecule has 0 fully saturated rings. The van der Waals surface area contributed by atoms with Crippen molar-refractivity contribution in [3.8, 4) is 0 Å². The van der Waals surface area contributed by atoms with Gasteiger partial charge in [0.1, 0.15) is 12.6 Å². The van der Waals surface area contributed by atoms with E-state index in [0.717, 1.165) is 14.2 Å². The molecule has 34 heavy (non-hydrogen) atoms. The van der Waals surface area contributed by atoms with Gasteiger partial charge < -0.3 is 10.2 Å². The Morgan fingerprint density at radius 1 is 1.00 bits per heavy atom. The molecule has 0 aromatic heterocycles. The summed E-state index contributed by atoms with van der Waals surface area (Å²) in [6.07, 6.45) is 0.365. The Balaban J connectivity index is 2.46. The third-order valence-electron chi connectivity index (χ3n) is 5.15. The van der Waals surface area contributed by atoms with Gasteiger partial charge in [0.2, 0.25) is 11.8 Å². The zero-order chi connectivity index (χ0) is 25.5. The van der Waals surface area contributed by atoms with Gasteiger partial charge in [0.05, 0.1) is 5.69 Å². The SMILES string of the molecule is CC[C@@H](C(=O)NC(C)C)N(Cc1ccc(Cl)cc1)C(=O)CN(c1ccccc1)S(=O)(=O)N(C)C. The van der Waals surface area contributed by atoms with E-state index in [9.17, 15) is 18.0 Å². The molecule has 2 rings (SSSR count). The smallest absolute Gasteiger partial charge is 0.304 e. The minimum Gasteiger partial charge on any atom is -0.352 e. The molecule has 0 bridgehead atoms. The van der Waals surface area contributed by atoms with Crippen molar-refractivity contribution >= 4 is 39.3 Å². The fourth-order valence-corrected chi connectivity index (χ4v) is 4.58. The lowest BCUT2D eigenvalue weighted by atomic mass is 10.1. The largest absolute Gasteiger partial charge is 0.352 e. The summed E-state index contributed by atoms with van der Waals surface area (Å²) in [6.45, 7) is 5.18. The first kappa shape index (κ1) is 27.6. The molecule has 10 heteroatoms. The first-order valence-electron chi connectivity index (χ1n) is 11.1. The van der Waals surface area contributed by atoms with Gasteiger partial charge in [-0.15, -0.1) is 0 Å². The summed E-state index contributed by atoms with van der Waals surface area (Å²) in [4.78, 5) is 28.1. The van der Waals surface area contributed by atoms with E-state index < -0.39 is 28.7 Å². The van der Waals surface area contributed by atoms with Gasteiger partial charge in [-0.2, -0.15) is 12.7 Å². The van der Waals surface area contributed by atoms with E-state index in [2.05, 4.69) is 5.32 Å². The minimum absolute atomic E-state index is 0.107. The van der Waals surface area contributed by atoms with Crippen molar-refractivity contribution < 1.29 is 18.0 Å². The summed E-state index contributed by atoms with van der Waals surface area (Å²) in [5.41, 5.74) is 1.13. The zero-order valence-corrected chi connectivity index (χ0v) is 21.8. The van der Waals surface area contributed by atoms with Crippen molar-refractivity contribution in [2.24, 2.45) is 0 Å². The molecule has 0 unspecified atom stereocenters. The van der Waals surface area contributed by atoms with Gasteiger partial charge in [-0.05, 0) is 50.1 Å². The highest BCUT2D eigenvalue weighted by Crippen LogP contribution is 2.21. The van der Waals surface area contributed by atoms with Gasteiger partial charge in [0.25, 0.3) is 0 Å². The second kappa shape index (κ2) is 12.2. The molecule has 0 heterocycles. The van der Waals surface area contributed by atoms with E-state index >= 15 is 0 Å². The predicted molar refractivity (Wildman–Crippen MR) is 136 cm³/mol. The monoisotopic (exact) mass is 508 g/mol. The van der Waals surface area contributed by atoms with Crippen LogP contribution >= 0.6 is 11.6 Å². The number of carbonyl (C=O) groups excluding carboxylic acids is 2. The van der Waals surface area contributed by atoms with Gasteiger partial charge in [0.15, 0.2) is 0 Å².